The molecule has 0 bridgehead atoms. The Kier molecular flexibility index (Phi) is 6.11. The number of β-lactam (4-membered cyclic amide) rings is 1. The van der Waals surface area contributed by atoms with Crippen molar-refractivity contribution in [3.63, 3.8) is 0 Å². The van der Waals surface area contributed by atoms with Crippen LogP contribution in [0.25, 0.3) is 0 Å². The van der Waals surface area contributed by atoms with Gasteiger partial charge in [0.25, 0.3) is 0 Å². The summed E-state index contributed by atoms with van der Waals surface area (Å²) < 4.78 is 12.0. The number of carbonyl (C=O) groups excluding carboxylic acids is 1. The lowest BCUT2D eigenvalue weighted by Gasteiger charge is -2.42. The lowest BCUT2D eigenvalue weighted by atomic mass is 9.94. The summed E-state index contributed by atoms with van der Waals surface area (Å²) in [5.74, 6) is -1.16. The van der Waals surface area contributed by atoms with Crippen LogP contribution in [0.3, 0.4) is 0 Å². The summed E-state index contributed by atoms with van der Waals surface area (Å²) in [5, 5.41) is 10.2. The molecule has 1 aromatic rings. The van der Waals surface area contributed by atoms with Gasteiger partial charge in [0.2, 0.25) is 5.91 Å². The average molecular weight is 456 g/mol. The molecule has 1 aromatic carbocycles. The smallest absolute Gasteiger partial charge is 0.357 e. The topological polar surface area (TPSA) is 76.1 Å². The highest BCUT2D eigenvalue weighted by Crippen LogP contribution is 2.51. The van der Waals surface area contributed by atoms with Crippen molar-refractivity contribution in [3.05, 3.63) is 40.1 Å². The Morgan fingerprint density at radius 3 is 2.45 bits per heavy atom. The number of fused-ring (bicyclic) bond motifs is 1. The maximum Gasteiger partial charge on any atom is 0.357 e. The molecule has 1 N–H and O–H groups in total. The van der Waals surface area contributed by atoms with Gasteiger partial charge in [0, 0.05) is 11.6 Å². The number of amides is 1. The van der Waals surface area contributed by atoms with Crippen molar-refractivity contribution in [2.45, 2.75) is 50.7 Å². The minimum Gasteiger partial charge on any atom is -0.476 e. The second-order valence-corrected chi connectivity index (χ2v) is 15.1. The Morgan fingerprint density at radius 2 is 1.90 bits per heavy atom. The Bertz CT molecular complexity index is 849. The SMILES string of the molecule is CC(C)(C)[Si](C)(C)OCC[C@H]1C(=O)N2C(C(=O)O)=C(Oc3ccc(Cl)cc3)S[C@@H]12. The van der Waals surface area contributed by atoms with E-state index in [1.54, 1.807) is 24.3 Å². The number of halogens is 1. The van der Waals surface area contributed by atoms with E-state index in [1.807, 2.05) is 0 Å². The molecule has 2 atom stereocenters. The fourth-order valence-corrected chi connectivity index (χ4v) is 5.54. The van der Waals surface area contributed by atoms with Crippen LogP contribution < -0.4 is 4.74 Å². The molecule has 2 heterocycles. The molecular weight excluding hydrogens is 430 g/mol. The van der Waals surface area contributed by atoms with Crippen LogP contribution in [0.5, 0.6) is 5.75 Å². The molecule has 0 saturated carbocycles. The number of aliphatic carboxylic acids is 1. The van der Waals surface area contributed by atoms with E-state index >= 15 is 0 Å². The highest BCUT2D eigenvalue weighted by atomic mass is 35.5. The number of hydrogen-bond donors (Lipinski definition) is 1. The quantitative estimate of drug-likeness (QED) is 0.464. The normalized spacial score (nSPS) is 21.9. The van der Waals surface area contributed by atoms with E-state index in [4.69, 9.17) is 20.8 Å². The minimum absolute atomic E-state index is 0.0958. The summed E-state index contributed by atoms with van der Waals surface area (Å²) in [7, 11) is -1.89. The van der Waals surface area contributed by atoms with Crippen LogP contribution in [0.15, 0.2) is 35.1 Å². The van der Waals surface area contributed by atoms with Crippen LogP contribution in [0.1, 0.15) is 27.2 Å². The van der Waals surface area contributed by atoms with Gasteiger partial charge >= 0.3 is 5.97 Å². The van der Waals surface area contributed by atoms with Crippen LogP contribution >= 0.6 is 23.4 Å². The fraction of sp³-hybridized carbons (Fsp3) is 0.500. The van der Waals surface area contributed by atoms with E-state index in [9.17, 15) is 14.7 Å². The number of thioether (sulfide) groups is 1. The summed E-state index contributed by atoms with van der Waals surface area (Å²) in [6, 6.07) is 6.66. The first-order chi connectivity index (χ1) is 13.4. The summed E-state index contributed by atoms with van der Waals surface area (Å²) in [6.07, 6.45) is 0.570. The average Bonchev–Trinajstić information content (AvgIpc) is 2.95. The van der Waals surface area contributed by atoms with Gasteiger partial charge < -0.3 is 14.3 Å². The number of hydrogen-bond acceptors (Lipinski definition) is 5. The number of carboxylic acid groups (broad SMARTS) is 1. The molecule has 9 heteroatoms. The second-order valence-electron chi connectivity index (χ2n) is 8.72. The standard InChI is InChI=1S/C20H26ClNO5SSi/c1-20(2,3)29(4,5)26-11-10-14-16(23)22-15(18(24)25)19(28-17(14)22)27-13-8-6-12(21)7-9-13/h6-9,14,17H,10-11H2,1-5H3,(H,24,25)/t14-,17-/m0/s1. The maximum atomic E-state index is 12.7. The Hall–Kier alpha value is -1.48. The third kappa shape index (κ3) is 4.35. The first-order valence-corrected chi connectivity index (χ1v) is 13.6. The van der Waals surface area contributed by atoms with Crippen molar-refractivity contribution in [1.29, 1.82) is 0 Å². The zero-order chi connectivity index (χ0) is 21.6. The summed E-state index contributed by atoms with van der Waals surface area (Å²) in [4.78, 5) is 25.7. The van der Waals surface area contributed by atoms with Gasteiger partial charge in [0.05, 0.1) is 5.92 Å². The maximum absolute atomic E-state index is 12.7. The zero-order valence-electron chi connectivity index (χ0n) is 17.2. The van der Waals surface area contributed by atoms with Crippen LogP contribution in [0.4, 0.5) is 0 Å². The molecule has 0 spiro atoms. The van der Waals surface area contributed by atoms with Crippen molar-refractivity contribution in [3.8, 4) is 5.75 Å². The number of carboxylic acids is 1. The van der Waals surface area contributed by atoms with Crippen LogP contribution in [-0.2, 0) is 14.0 Å². The van der Waals surface area contributed by atoms with Crippen LogP contribution in [0, 0.1) is 5.92 Å². The number of carbonyl (C=O) groups is 2. The van der Waals surface area contributed by atoms with E-state index in [0.29, 0.717) is 23.8 Å². The molecule has 0 unspecified atom stereocenters. The van der Waals surface area contributed by atoms with E-state index in [1.165, 1.54) is 16.7 Å². The summed E-state index contributed by atoms with van der Waals surface area (Å²) in [5.41, 5.74) is -0.0958. The van der Waals surface area contributed by atoms with Gasteiger partial charge in [-0.15, -0.1) is 0 Å². The minimum atomic E-state index is -1.89. The van der Waals surface area contributed by atoms with Gasteiger partial charge in [-0.1, -0.05) is 44.1 Å². The third-order valence-electron chi connectivity index (χ3n) is 5.74. The lowest BCUT2D eigenvalue weighted by molar-refractivity contribution is -0.152. The lowest BCUT2D eigenvalue weighted by Crippen LogP contribution is -2.57. The first-order valence-electron chi connectivity index (χ1n) is 9.47. The molecule has 1 saturated heterocycles. The van der Waals surface area contributed by atoms with Gasteiger partial charge in [-0.3, -0.25) is 9.69 Å². The third-order valence-corrected chi connectivity index (χ3v) is 11.8. The Labute approximate surface area is 181 Å². The van der Waals surface area contributed by atoms with E-state index in [0.717, 1.165) is 0 Å². The van der Waals surface area contributed by atoms with Crippen LogP contribution in [-0.4, -0.2) is 42.2 Å². The van der Waals surface area contributed by atoms with Crippen molar-refractivity contribution in [2.24, 2.45) is 5.92 Å². The molecule has 2 aliphatic heterocycles. The molecule has 158 valence electrons. The molecule has 0 aliphatic carbocycles. The van der Waals surface area contributed by atoms with E-state index in [2.05, 4.69) is 33.9 Å². The van der Waals surface area contributed by atoms with Crippen LogP contribution in [0.2, 0.25) is 23.2 Å². The van der Waals surface area contributed by atoms with Crippen molar-refractivity contribution in [1.82, 2.24) is 4.90 Å². The number of nitrogens with zero attached hydrogens (tertiary/aromatic N) is 1. The van der Waals surface area contributed by atoms with Crippen molar-refractivity contribution >= 4 is 43.6 Å². The molecule has 1 amide bonds. The summed E-state index contributed by atoms with van der Waals surface area (Å²) in [6.45, 7) is 11.4. The van der Waals surface area contributed by atoms with Crippen molar-refractivity contribution in [2.75, 3.05) is 6.61 Å². The van der Waals surface area contributed by atoms with E-state index < -0.39 is 14.3 Å². The largest absolute Gasteiger partial charge is 0.476 e. The number of ether oxygens (including phenoxy) is 1. The van der Waals surface area contributed by atoms with E-state index in [-0.39, 0.29) is 33.0 Å². The van der Waals surface area contributed by atoms with Gasteiger partial charge in [0.1, 0.15) is 11.1 Å². The fourth-order valence-electron chi connectivity index (χ4n) is 2.96. The monoisotopic (exact) mass is 455 g/mol. The van der Waals surface area contributed by atoms with Gasteiger partial charge in [-0.05, 0) is 48.8 Å². The summed E-state index contributed by atoms with van der Waals surface area (Å²) >= 11 is 7.16. The molecule has 3 rings (SSSR count). The second kappa shape index (κ2) is 7.98. The Balaban J connectivity index is 1.67. The molecule has 1 fully saturated rings. The number of rotatable bonds is 7. The van der Waals surface area contributed by atoms with Crippen molar-refractivity contribution < 1.29 is 23.9 Å². The highest BCUT2D eigenvalue weighted by Gasteiger charge is 2.56. The molecule has 0 aromatic heterocycles. The molecule has 2 aliphatic rings. The zero-order valence-corrected chi connectivity index (χ0v) is 19.8. The molecule has 0 radical (unpaired) electrons. The number of benzene rings is 1. The first kappa shape index (κ1) is 22.2. The van der Waals surface area contributed by atoms with Gasteiger partial charge in [-0.2, -0.15) is 0 Å². The predicted octanol–water partition coefficient (Wildman–Crippen LogP) is 4.92. The molecule has 29 heavy (non-hydrogen) atoms. The van der Waals surface area contributed by atoms with Gasteiger partial charge in [-0.25, -0.2) is 4.79 Å². The highest BCUT2D eigenvalue weighted by molar-refractivity contribution is 8.03. The Morgan fingerprint density at radius 1 is 1.28 bits per heavy atom. The molecular formula is C20H26ClNO5SSi. The molecule has 6 nitrogen and oxygen atoms in total. The predicted molar refractivity (Wildman–Crippen MR) is 116 cm³/mol. The van der Waals surface area contributed by atoms with Gasteiger partial charge in [0.15, 0.2) is 19.1 Å².